The zero-order valence-corrected chi connectivity index (χ0v) is 5.89. The van der Waals surface area contributed by atoms with Crippen molar-refractivity contribution >= 4 is 0 Å². The Labute approximate surface area is 61.4 Å². The monoisotopic (exact) mass is 141 g/mol. The second-order valence-corrected chi connectivity index (χ2v) is 2.12. The maximum absolute atomic E-state index is 12.7. The van der Waals surface area contributed by atoms with Crippen molar-refractivity contribution < 1.29 is 5.82 Å². The molecule has 0 bridgehead atoms. The lowest BCUT2D eigenvalue weighted by molar-refractivity contribution is 0.601. The van der Waals surface area contributed by atoms with Crippen molar-refractivity contribution in [3.63, 3.8) is 0 Å². The molecule has 10 heavy (non-hydrogen) atoms. The number of hydrogen-bond donors (Lipinski definition) is 1. The molecular weight excluding hydrogens is 129 g/mol. The summed E-state index contributed by atoms with van der Waals surface area (Å²) in [5.41, 5.74) is 0.713. The Bertz CT molecular complexity index is 215. The van der Waals surface area contributed by atoms with Crippen molar-refractivity contribution in [1.82, 2.24) is 5.32 Å². The van der Waals surface area contributed by atoms with E-state index in [9.17, 15) is 4.39 Å². The molecule has 0 unspecified atom stereocenters. The van der Waals surface area contributed by atoms with Gasteiger partial charge in [-0.2, -0.15) is 0 Å². The second kappa shape index (κ2) is 3.32. The largest absolute Gasteiger partial charge is 0.316 e. The Hall–Kier alpha value is -0.890. The first-order valence-corrected chi connectivity index (χ1v) is 3.22. The summed E-state index contributed by atoms with van der Waals surface area (Å²) in [6.45, 7) is 0.590. The predicted molar refractivity (Wildman–Crippen MR) is 41.3 cm³/mol. The number of halogens is 1. The molecule has 1 rings (SSSR count). The Morgan fingerprint density at radius 2 is 2.20 bits per heavy atom. The van der Waals surface area contributed by atoms with Crippen LogP contribution in [0, 0.1) is 5.82 Å². The number of nitrogens with one attached hydrogen (secondary N) is 1. The SMILES string of the molecule is CNCc1ccccc1F.[HH]. The smallest absolute Gasteiger partial charge is 0.127 e. The van der Waals surface area contributed by atoms with Gasteiger partial charge in [0.1, 0.15) is 5.82 Å². The minimum Gasteiger partial charge on any atom is -0.316 e. The first kappa shape index (κ1) is 7.22. The third kappa shape index (κ3) is 1.54. The van der Waals surface area contributed by atoms with Gasteiger partial charge in [-0.3, -0.25) is 0 Å². The molecule has 1 aromatic carbocycles. The molecule has 0 atom stereocenters. The lowest BCUT2D eigenvalue weighted by Gasteiger charge is -1.99. The average Bonchev–Trinajstić information content (AvgIpc) is 1.94. The van der Waals surface area contributed by atoms with Crippen LogP contribution in [0.2, 0.25) is 0 Å². The quantitative estimate of drug-likeness (QED) is 0.662. The summed E-state index contributed by atoms with van der Waals surface area (Å²) in [6.07, 6.45) is 0. The van der Waals surface area contributed by atoms with E-state index in [2.05, 4.69) is 5.32 Å². The molecule has 0 aliphatic heterocycles. The topological polar surface area (TPSA) is 12.0 Å². The van der Waals surface area contributed by atoms with Gasteiger partial charge >= 0.3 is 0 Å². The Balaban J connectivity index is 0.000001000. The molecule has 56 valence electrons. The van der Waals surface area contributed by atoms with Gasteiger partial charge in [-0.15, -0.1) is 0 Å². The number of rotatable bonds is 2. The molecule has 0 aliphatic carbocycles. The van der Waals surface area contributed by atoms with Gasteiger partial charge < -0.3 is 5.32 Å². The summed E-state index contributed by atoms with van der Waals surface area (Å²) >= 11 is 0. The van der Waals surface area contributed by atoms with Crippen LogP contribution >= 0.6 is 0 Å². The van der Waals surface area contributed by atoms with E-state index >= 15 is 0 Å². The molecular formula is C8H12FN. The highest BCUT2D eigenvalue weighted by Gasteiger charge is 1.95. The molecule has 0 radical (unpaired) electrons. The van der Waals surface area contributed by atoms with E-state index in [0.717, 1.165) is 0 Å². The summed E-state index contributed by atoms with van der Waals surface area (Å²) in [5.74, 6) is -0.142. The van der Waals surface area contributed by atoms with Gasteiger partial charge in [-0.1, -0.05) is 18.2 Å². The lowest BCUT2D eigenvalue weighted by Crippen LogP contribution is -2.06. The van der Waals surface area contributed by atoms with E-state index < -0.39 is 0 Å². The van der Waals surface area contributed by atoms with Crippen molar-refractivity contribution in [2.24, 2.45) is 0 Å². The molecule has 0 fully saturated rings. The Kier molecular flexibility index (Phi) is 2.40. The van der Waals surface area contributed by atoms with Crippen LogP contribution in [0.3, 0.4) is 0 Å². The van der Waals surface area contributed by atoms with Crippen LogP contribution in [-0.4, -0.2) is 7.05 Å². The van der Waals surface area contributed by atoms with Crippen molar-refractivity contribution in [3.05, 3.63) is 35.6 Å². The maximum Gasteiger partial charge on any atom is 0.127 e. The van der Waals surface area contributed by atoms with Gasteiger partial charge in [0.05, 0.1) is 0 Å². The van der Waals surface area contributed by atoms with Crippen molar-refractivity contribution in [3.8, 4) is 0 Å². The first-order chi connectivity index (χ1) is 4.84. The lowest BCUT2D eigenvalue weighted by atomic mass is 10.2. The standard InChI is InChI=1S/C8H10FN.H2/c1-10-6-7-4-2-3-5-8(7)9;/h2-5,10H,6H2,1H3;1H. The van der Waals surface area contributed by atoms with Crippen LogP contribution < -0.4 is 5.32 Å². The summed E-state index contributed by atoms with van der Waals surface area (Å²) in [4.78, 5) is 0. The zero-order valence-electron chi connectivity index (χ0n) is 5.89. The van der Waals surface area contributed by atoms with E-state index in [4.69, 9.17) is 0 Å². The van der Waals surface area contributed by atoms with Crippen molar-refractivity contribution in [2.75, 3.05) is 7.05 Å². The molecule has 1 N–H and O–H groups in total. The van der Waals surface area contributed by atoms with E-state index in [1.165, 1.54) is 6.07 Å². The molecule has 1 aromatic rings. The van der Waals surface area contributed by atoms with Crippen LogP contribution in [0.25, 0.3) is 0 Å². The van der Waals surface area contributed by atoms with Crippen LogP contribution in [-0.2, 0) is 6.54 Å². The molecule has 0 saturated carbocycles. The highest BCUT2D eigenvalue weighted by atomic mass is 19.1. The summed E-state index contributed by atoms with van der Waals surface area (Å²) < 4.78 is 12.7. The van der Waals surface area contributed by atoms with Crippen molar-refractivity contribution in [1.29, 1.82) is 0 Å². The minimum atomic E-state index is -0.142. The maximum atomic E-state index is 12.7. The van der Waals surface area contributed by atoms with Gasteiger partial charge in [-0.05, 0) is 13.1 Å². The molecule has 0 aromatic heterocycles. The highest BCUT2D eigenvalue weighted by Crippen LogP contribution is 2.04. The zero-order chi connectivity index (χ0) is 7.40. The Morgan fingerprint density at radius 1 is 1.50 bits per heavy atom. The summed E-state index contributed by atoms with van der Waals surface area (Å²) in [5, 5.41) is 2.88. The van der Waals surface area contributed by atoms with Gasteiger partial charge in [0.25, 0.3) is 0 Å². The predicted octanol–water partition coefficient (Wildman–Crippen LogP) is 1.79. The highest BCUT2D eigenvalue weighted by molar-refractivity contribution is 5.16. The molecule has 0 spiro atoms. The molecule has 1 nitrogen and oxygen atoms in total. The normalized spacial score (nSPS) is 9.80. The molecule has 2 heteroatoms. The fourth-order valence-corrected chi connectivity index (χ4v) is 0.832. The molecule has 0 aliphatic rings. The van der Waals surface area contributed by atoms with Gasteiger partial charge in [0.2, 0.25) is 0 Å². The Morgan fingerprint density at radius 3 is 2.80 bits per heavy atom. The third-order valence-electron chi connectivity index (χ3n) is 1.33. The van der Waals surface area contributed by atoms with E-state index in [0.29, 0.717) is 12.1 Å². The van der Waals surface area contributed by atoms with Gasteiger partial charge in [0.15, 0.2) is 0 Å². The fraction of sp³-hybridized carbons (Fsp3) is 0.250. The average molecular weight is 141 g/mol. The minimum absolute atomic E-state index is 0. The van der Waals surface area contributed by atoms with E-state index in [1.807, 2.05) is 6.07 Å². The van der Waals surface area contributed by atoms with Gasteiger partial charge in [0, 0.05) is 13.5 Å². The fourth-order valence-electron chi connectivity index (χ4n) is 0.832. The summed E-state index contributed by atoms with van der Waals surface area (Å²) in [6, 6.07) is 6.75. The van der Waals surface area contributed by atoms with Gasteiger partial charge in [-0.25, -0.2) is 4.39 Å². The third-order valence-corrected chi connectivity index (χ3v) is 1.33. The van der Waals surface area contributed by atoms with Crippen LogP contribution in [0.15, 0.2) is 24.3 Å². The number of benzene rings is 1. The molecule has 0 heterocycles. The van der Waals surface area contributed by atoms with Crippen molar-refractivity contribution in [2.45, 2.75) is 6.54 Å². The van der Waals surface area contributed by atoms with Crippen LogP contribution in [0.1, 0.15) is 6.99 Å². The van der Waals surface area contributed by atoms with E-state index in [-0.39, 0.29) is 7.24 Å². The molecule has 0 saturated heterocycles. The number of hydrogen-bond acceptors (Lipinski definition) is 1. The van der Waals surface area contributed by atoms with Crippen LogP contribution in [0.4, 0.5) is 4.39 Å². The summed E-state index contributed by atoms with van der Waals surface area (Å²) in [7, 11) is 1.80. The molecule has 0 amide bonds. The van der Waals surface area contributed by atoms with E-state index in [1.54, 1.807) is 19.2 Å². The first-order valence-electron chi connectivity index (χ1n) is 3.22. The van der Waals surface area contributed by atoms with Crippen LogP contribution in [0.5, 0.6) is 0 Å². The second-order valence-electron chi connectivity index (χ2n) is 2.12.